The molecule has 1 aliphatic heterocycles. The van der Waals surface area contributed by atoms with Gasteiger partial charge in [-0.05, 0) is 68.7 Å². The van der Waals surface area contributed by atoms with Crippen molar-refractivity contribution >= 4 is 35.4 Å². The normalized spacial score (nSPS) is 14.9. The maximum absolute atomic E-state index is 12.7. The minimum atomic E-state index is -0.614. The van der Waals surface area contributed by atoms with Crippen molar-refractivity contribution < 1.29 is 28.5 Å². The number of allylic oxidation sites excluding steroid dienone is 1. The van der Waals surface area contributed by atoms with E-state index < -0.39 is 17.9 Å². The first kappa shape index (κ1) is 30.4. The van der Waals surface area contributed by atoms with Crippen LogP contribution in [0, 0.1) is 5.92 Å². The first-order chi connectivity index (χ1) is 19.2. The van der Waals surface area contributed by atoms with Gasteiger partial charge in [0.2, 0.25) is 0 Å². The highest BCUT2D eigenvalue weighted by Gasteiger charge is 2.32. The van der Waals surface area contributed by atoms with E-state index in [1.807, 2.05) is 25.1 Å². The molecule has 0 bridgehead atoms. The van der Waals surface area contributed by atoms with Crippen molar-refractivity contribution in [3.63, 3.8) is 0 Å². The number of amides is 1. The Kier molecular flexibility index (Phi) is 11.3. The molecule has 1 amide bonds. The number of carbonyl (C=O) groups excluding carboxylic acids is 2. The van der Waals surface area contributed by atoms with Crippen molar-refractivity contribution in [1.82, 2.24) is 16.1 Å². The van der Waals surface area contributed by atoms with Gasteiger partial charge in [0, 0.05) is 11.3 Å². The predicted octanol–water partition coefficient (Wildman–Crippen LogP) is 4.01. The molecule has 1 heterocycles. The quantitative estimate of drug-likeness (QED) is 0.143. The number of para-hydroxylation sites is 1. The largest absolute Gasteiger partial charge is 0.490 e. The summed E-state index contributed by atoms with van der Waals surface area (Å²) in [6.07, 6.45) is 1.51. The molecule has 0 aliphatic carbocycles. The third-order valence-electron chi connectivity index (χ3n) is 5.60. The van der Waals surface area contributed by atoms with Crippen LogP contribution in [0.3, 0.4) is 0 Å². The maximum Gasteiger partial charge on any atom is 0.338 e. The summed E-state index contributed by atoms with van der Waals surface area (Å²) in [5.74, 6) is 1.13. The molecular weight excluding hydrogens is 532 g/mol. The fraction of sp³-hybridized carbons (Fsp3) is 0.379. The van der Waals surface area contributed by atoms with Crippen LogP contribution < -0.4 is 30.3 Å². The van der Waals surface area contributed by atoms with E-state index >= 15 is 0 Å². The minimum Gasteiger partial charge on any atom is -0.490 e. The van der Waals surface area contributed by atoms with Gasteiger partial charge < -0.3 is 29.6 Å². The SMILES string of the molecule is CCOC(=O)C1=C(C)NC(=S)N[C@@H]1c1ccccc1OCC(=O)NN=Cc1ccc(OCC(C)C)c(OCC)c1. The van der Waals surface area contributed by atoms with Crippen molar-refractivity contribution in [2.75, 3.05) is 26.4 Å². The molecule has 0 fully saturated rings. The molecule has 0 unspecified atom stereocenters. The average molecular weight is 569 g/mol. The zero-order chi connectivity index (χ0) is 29.1. The van der Waals surface area contributed by atoms with Crippen LogP contribution in [0.2, 0.25) is 0 Å². The van der Waals surface area contributed by atoms with E-state index in [0.29, 0.717) is 58.3 Å². The van der Waals surface area contributed by atoms with Gasteiger partial charge in [-0.15, -0.1) is 0 Å². The summed E-state index contributed by atoms with van der Waals surface area (Å²) < 4.78 is 22.6. The molecule has 0 saturated carbocycles. The number of nitrogens with zero attached hydrogens (tertiary/aromatic N) is 1. The summed E-state index contributed by atoms with van der Waals surface area (Å²) in [5.41, 5.74) is 4.80. The summed E-state index contributed by atoms with van der Waals surface area (Å²) in [6, 6.07) is 11.9. The third-order valence-corrected chi connectivity index (χ3v) is 5.82. The van der Waals surface area contributed by atoms with Gasteiger partial charge in [0.15, 0.2) is 23.2 Å². The lowest BCUT2D eigenvalue weighted by molar-refractivity contribution is -0.139. The number of nitrogens with one attached hydrogen (secondary N) is 3. The van der Waals surface area contributed by atoms with E-state index in [2.05, 4.69) is 35.0 Å². The standard InChI is InChI=1S/C29H36N4O6S/c1-6-36-24-14-20(12-13-23(24)38-16-18(3)4)15-30-33-25(34)17-39-22-11-9-8-10-21(22)27-26(28(35)37-7-2)19(5)31-29(40)32-27/h8-15,18,27H,6-7,16-17H2,1-5H3,(H,33,34)(H2,31,32,40)/t27-/m1/s1. The summed E-state index contributed by atoms with van der Waals surface area (Å²) in [4.78, 5) is 25.2. The molecule has 0 saturated heterocycles. The first-order valence-electron chi connectivity index (χ1n) is 13.1. The fourth-order valence-corrected chi connectivity index (χ4v) is 4.13. The number of rotatable bonds is 13. The fourth-order valence-electron chi connectivity index (χ4n) is 3.86. The number of thiocarbonyl (C=S) groups is 1. The lowest BCUT2D eigenvalue weighted by Gasteiger charge is -2.30. The van der Waals surface area contributed by atoms with E-state index in [1.54, 1.807) is 38.1 Å². The smallest absolute Gasteiger partial charge is 0.338 e. The average Bonchev–Trinajstić information content (AvgIpc) is 2.91. The van der Waals surface area contributed by atoms with Crippen LogP contribution in [-0.2, 0) is 14.3 Å². The molecule has 3 rings (SSSR count). The van der Waals surface area contributed by atoms with E-state index in [4.69, 9.17) is 31.2 Å². The number of ether oxygens (including phenoxy) is 4. The van der Waals surface area contributed by atoms with Gasteiger partial charge in [-0.25, -0.2) is 10.2 Å². The molecule has 0 spiro atoms. The summed E-state index contributed by atoms with van der Waals surface area (Å²) in [5, 5.41) is 10.5. The Morgan fingerprint density at radius 3 is 2.55 bits per heavy atom. The molecule has 2 aromatic rings. The van der Waals surface area contributed by atoms with Crippen molar-refractivity contribution in [3.05, 3.63) is 64.9 Å². The molecule has 214 valence electrons. The number of hydrazone groups is 1. The monoisotopic (exact) mass is 568 g/mol. The van der Waals surface area contributed by atoms with E-state index in [-0.39, 0.29) is 13.2 Å². The summed E-state index contributed by atoms with van der Waals surface area (Å²) in [6.45, 7) is 10.5. The molecular formula is C29H36N4O6S. The van der Waals surface area contributed by atoms with Gasteiger partial charge in [0.25, 0.3) is 5.91 Å². The molecule has 3 N–H and O–H groups in total. The van der Waals surface area contributed by atoms with Crippen LogP contribution >= 0.6 is 12.2 Å². The van der Waals surface area contributed by atoms with Gasteiger partial charge in [0.1, 0.15) is 5.75 Å². The van der Waals surface area contributed by atoms with Crippen LogP contribution in [0.4, 0.5) is 0 Å². The molecule has 40 heavy (non-hydrogen) atoms. The van der Waals surface area contributed by atoms with Crippen LogP contribution in [-0.4, -0.2) is 49.6 Å². The topological polar surface area (TPSA) is 120 Å². The highest BCUT2D eigenvalue weighted by molar-refractivity contribution is 7.80. The maximum atomic E-state index is 12.7. The second-order valence-electron chi connectivity index (χ2n) is 9.25. The summed E-state index contributed by atoms with van der Waals surface area (Å²) in [7, 11) is 0. The Morgan fingerprint density at radius 1 is 1.05 bits per heavy atom. The van der Waals surface area contributed by atoms with Gasteiger partial charge in [-0.3, -0.25) is 4.79 Å². The second kappa shape index (κ2) is 14.9. The molecule has 11 heteroatoms. The van der Waals surface area contributed by atoms with Crippen LogP contribution in [0.25, 0.3) is 0 Å². The summed E-state index contributed by atoms with van der Waals surface area (Å²) >= 11 is 5.31. The van der Waals surface area contributed by atoms with Crippen molar-refractivity contribution in [2.24, 2.45) is 11.0 Å². The van der Waals surface area contributed by atoms with Crippen molar-refractivity contribution in [1.29, 1.82) is 0 Å². The van der Waals surface area contributed by atoms with Gasteiger partial charge >= 0.3 is 5.97 Å². The van der Waals surface area contributed by atoms with E-state index in [0.717, 1.165) is 5.56 Å². The van der Waals surface area contributed by atoms with E-state index in [1.165, 1.54) is 6.21 Å². The van der Waals surface area contributed by atoms with E-state index in [9.17, 15) is 9.59 Å². The highest BCUT2D eigenvalue weighted by Crippen LogP contribution is 2.33. The third kappa shape index (κ3) is 8.44. The number of hydrogen-bond acceptors (Lipinski definition) is 8. The zero-order valence-electron chi connectivity index (χ0n) is 23.4. The van der Waals surface area contributed by atoms with Crippen LogP contribution in [0.5, 0.6) is 17.2 Å². The lowest BCUT2D eigenvalue weighted by Crippen LogP contribution is -2.45. The number of hydrogen-bond donors (Lipinski definition) is 3. The molecule has 10 nitrogen and oxygen atoms in total. The molecule has 0 aromatic heterocycles. The Morgan fingerprint density at radius 2 is 1.82 bits per heavy atom. The lowest BCUT2D eigenvalue weighted by atomic mass is 9.95. The number of carbonyl (C=O) groups is 2. The Labute approximate surface area is 240 Å². The molecule has 1 atom stereocenters. The second-order valence-corrected chi connectivity index (χ2v) is 9.66. The van der Waals surface area contributed by atoms with Crippen LogP contribution in [0.1, 0.15) is 51.8 Å². The highest BCUT2D eigenvalue weighted by atomic mass is 32.1. The predicted molar refractivity (Wildman–Crippen MR) is 157 cm³/mol. The van der Waals surface area contributed by atoms with Gasteiger partial charge in [0.05, 0.1) is 37.7 Å². The molecule has 0 radical (unpaired) electrons. The van der Waals surface area contributed by atoms with Gasteiger partial charge in [-0.2, -0.15) is 5.10 Å². The Bertz CT molecular complexity index is 1280. The van der Waals surface area contributed by atoms with Crippen molar-refractivity contribution in [3.8, 4) is 17.2 Å². The zero-order valence-corrected chi connectivity index (χ0v) is 24.2. The Hall–Kier alpha value is -4.12. The van der Waals surface area contributed by atoms with Crippen molar-refractivity contribution in [2.45, 2.75) is 40.7 Å². The number of benzene rings is 2. The van der Waals surface area contributed by atoms with Gasteiger partial charge in [-0.1, -0.05) is 32.0 Å². The van der Waals surface area contributed by atoms with Crippen LogP contribution in [0.15, 0.2) is 58.8 Å². The molecule has 1 aliphatic rings. The number of esters is 1. The first-order valence-corrected chi connectivity index (χ1v) is 13.5. The molecule has 2 aromatic carbocycles. The minimum absolute atomic E-state index is 0.231. The Balaban J connectivity index is 1.66.